The van der Waals surface area contributed by atoms with Gasteiger partial charge in [0.15, 0.2) is 0 Å². The Morgan fingerprint density at radius 1 is 1.64 bits per heavy atom. The van der Waals surface area contributed by atoms with E-state index in [1.165, 1.54) is 31.5 Å². The lowest BCUT2D eigenvalue weighted by molar-refractivity contribution is 0.357. The first-order valence-corrected chi connectivity index (χ1v) is 5.46. The zero-order chi connectivity index (χ0) is 10.0. The zero-order valence-electron chi connectivity index (χ0n) is 9.08. The highest BCUT2D eigenvalue weighted by Crippen LogP contribution is 2.26. The predicted octanol–water partition coefficient (Wildman–Crippen LogP) is 1.49. The maximum absolute atomic E-state index is 4.40. The van der Waals surface area contributed by atoms with Crippen molar-refractivity contribution in [2.45, 2.75) is 38.1 Å². The first kappa shape index (κ1) is 9.71. The highest BCUT2D eigenvalue weighted by Gasteiger charge is 2.31. The van der Waals surface area contributed by atoms with Crippen molar-refractivity contribution in [1.82, 2.24) is 14.9 Å². The highest BCUT2D eigenvalue weighted by molar-refractivity contribution is 5.06. The monoisotopic (exact) mass is 193 g/mol. The molecule has 2 rings (SSSR count). The summed E-state index contributed by atoms with van der Waals surface area (Å²) in [6, 6.07) is 0. The molecule has 1 aliphatic rings. The van der Waals surface area contributed by atoms with Gasteiger partial charge in [-0.05, 0) is 25.8 Å². The summed E-state index contributed by atoms with van der Waals surface area (Å²) < 4.78 is 2.02. The van der Waals surface area contributed by atoms with Gasteiger partial charge in [-0.1, -0.05) is 6.92 Å². The minimum absolute atomic E-state index is 0.328. The molecule has 2 heterocycles. The van der Waals surface area contributed by atoms with Crippen LogP contribution >= 0.6 is 0 Å². The molecule has 1 N–H and O–H groups in total. The summed E-state index contributed by atoms with van der Waals surface area (Å²) in [5, 5.41) is 3.63. The number of nitrogens with one attached hydrogen (secondary N) is 1. The summed E-state index contributed by atoms with van der Waals surface area (Å²) in [6.45, 7) is 3.43. The van der Waals surface area contributed by atoms with Crippen LogP contribution < -0.4 is 5.32 Å². The molecule has 0 bridgehead atoms. The number of hydrogen-bond donors (Lipinski definition) is 1. The second-order valence-electron chi connectivity index (χ2n) is 4.37. The number of imidazole rings is 1. The Bertz CT molecular complexity index is 297. The Balaban J connectivity index is 2.08. The van der Waals surface area contributed by atoms with Crippen LogP contribution in [0.3, 0.4) is 0 Å². The highest BCUT2D eigenvalue weighted by atomic mass is 15.0. The van der Waals surface area contributed by atoms with Gasteiger partial charge in [0, 0.05) is 25.2 Å². The lowest BCUT2D eigenvalue weighted by atomic mass is 9.89. The van der Waals surface area contributed by atoms with E-state index in [0.717, 1.165) is 6.42 Å². The van der Waals surface area contributed by atoms with Crippen LogP contribution in [0.5, 0.6) is 0 Å². The molecule has 0 amide bonds. The molecule has 3 nitrogen and oxygen atoms in total. The Morgan fingerprint density at radius 3 is 3.00 bits per heavy atom. The van der Waals surface area contributed by atoms with Gasteiger partial charge in [0.05, 0.1) is 12.0 Å². The molecule has 1 fully saturated rings. The number of aromatic nitrogens is 2. The number of rotatable bonds is 3. The van der Waals surface area contributed by atoms with Gasteiger partial charge in [0.1, 0.15) is 0 Å². The summed E-state index contributed by atoms with van der Waals surface area (Å²) in [6.07, 6.45) is 8.87. The first-order chi connectivity index (χ1) is 6.74. The fraction of sp³-hybridized carbons (Fsp3) is 0.727. The molecule has 0 radical (unpaired) electrons. The van der Waals surface area contributed by atoms with Crippen LogP contribution in [0.2, 0.25) is 0 Å². The van der Waals surface area contributed by atoms with Crippen molar-refractivity contribution in [2.24, 2.45) is 7.05 Å². The summed E-state index contributed by atoms with van der Waals surface area (Å²) >= 11 is 0. The average Bonchev–Trinajstić information content (AvgIpc) is 2.77. The van der Waals surface area contributed by atoms with E-state index in [-0.39, 0.29) is 0 Å². The Kier molecular flexibility index (Phi) is 2.59. The van der Waals surface area contributed by atoms with Gasteiger partial charge < -0.3 is 9.88 Å². The maximum Gasteiger partial charge on any atom is 0.0946 e. The van der Waals surface area contributed by atoms with Crippen LogP contribution in [0.1, 0.15) is 31.9 Å². The van der Waals surface area contributed by atoms with Gasteiger partial charge in [-0.25, -0.2) is 4.98 Å². The SMILES string of the molecule is CCC1(Cc2cn(C)cn2)CCCN1. The van der Waals surface area contributed by atoms with Gasteiger partial charge >= 0.3 is 0 Å². The summed E-state index contributed by atoms with van der Waals surface area (Å²) in [5.74, 6) is 0. The molecule has 3 heteroatoms. The number of aryl methyl sites for hydroxylation is 1. The van der Waals surface area contributed by atoms with Gasteiger partial charge in [0.25, 0.3) is 0 Å². The smallest absolute Gasteiger partial charge is 0.0946 e. The Labute approximate surface area is 85.5 Å². The number of hydrogen-bond acceptors (Lipinski definition) is 2. The second-order valence-corrected chi connectivity index (χ2v) is 4.37. The molecule has 1 saturated heterocycles. The van der Waals surface area contributed by atoms with Crippen molar-refractivity contribution >= 4 is 0 Å². The van der Waals surface area contributed by atoms with Crippen LogP contribution in [0, 0.1) is 0 Å². The molecule has 1 aliphatic heterocycles. The Hall–Kier alpha value is -0.830. The molecule has 0 spiro atoms. The molecule has 78 valence electrons. The zero-order valence-corrected chi connectivity index (χ0v) is 9.08. The van der Waals surface area contributed by atoms with Crippen molar-refractivity contribution in [2.75, 3.05) is 6.54 Å². The van der Waals surface area contributed by atoms with Crippen LogP contribution in [0.15, 0.2) is 12.5 Å². The fourth-order valence-corrected chi connectivity index (χ4v) is 2.35. The van der Waals surface area contributed by atoms with E-state index in [4.69, 9.17) is 0 Å². The van der Waals surface area contributed by atoms with Crippen LogP contribution in [-0.4, -0.2) is 21.6 Å². The molecule has 0 saturated carbocycles. The summed E-state index contributed by atoms with van der Waals surface area (Å²) in [4.78, 5) is 4.40. The van der Waals surface area contributed by atoms with Crippen molar-refractivity contribution in [3.05, 3.63) is 18.2 Å². The molecule has 1 atom stereocenters. The minimum atomic E-state index is 0.328. The van der Waals surface area contributed by atoms with Gasteiger partial charge in [-0.15, -0.1) is 0 Å². The van der Waals surface area contributed by atoms with Crippen LogP contribution in [0.25, 0.3) is 0 Å². The second kappa shape index (κ2) is 3.73. The third kappa shape index (κ3) is 1.82. The molecule has 14 heavy (non-hydrogen) atoms. The molecule has 0 aliphatic carbocycles. The Morgan fingerprint density at radius 2 is 2.50 bits per heavy atom. The molecule has 1 aromatic rings. The molecular weight excluding hydrogens is 174 g/mol. The van der Waals surface area contributed by atoms with Crippen molar-refractivity contribution in [3.8, 4) is 0 Å². The first-order valence-electron chi connectivity index (χ1n) is 5.46. The average molecular weight is 193 g/mol. The number of nitrogens with zero attached hydrogens (tertiary/aromatic N) is 2. The largest absolute Gasteiger partial charge is 0.340 e. The van der Waals surface area contributed by atoms with E-state index in [0.29, 0.717) is 5.54 Å². The van der Waals surface area contributed by atoms with E-state index < -0.39 is 0 Å². The standard InChI is InChI=1S/C11H19N3/c1-3-11(5-4-6-13-11)7-10-8-14(2)9-12-10/h8-9,13H,3-7H2,1-2H3. The van der Waals surface area contributed by atoms with Crippen molar-refractivity contribution in [3.63, 3.8) is 0 Å². The van der Waals surface area contributed by atoms with E-state index in [1.54, 1.807) is 0 Å². The third-order valence-corrected chi connectivity index (χ3v) is 3.29. The summed E-state index contributed by atoms with van der Waals surface area (Å²) in [5.41, 5.74) is 1.54. The lowest BCUT2D eigenvalue weighted by Gasteiger charge is -2.27. The lowest BCUT2D eigenvalue weighted by Crippen LogP contribution is -2.41. The molecule has 0 aromatic carbocycles. The predicted molar refractivity (Wildman–Crippen MR) is 57.2 cm³/mol. The van der Waals surface area contributed by atoms with Gasteiger partial charge in [-0.2, -0.15) is 0 Å². The van der Waals surface area contributed by atoms with Crippen LogP contribution in [0.4, 0.5) is 0 Å². The fourth-order valence-electron chi connectivity index (χ4n) is 2.35. The minimum Gasteiger partial charge on any atom is -0.340 e. The van der Waals surface area contributed by atoms with Gasteiger partial charge in [0.2, 0.25) is 0 Å². The van der Waals surface area contributed by atoms with E-state index in [1.807, 2.05) is 17.9 Å². The van der Waals surface area contributed by atoms with Crippen LogP contribution in [-0.2, 0) is 13.5 Å². The normalized spacial score (nSPS) is 27.0. The topological polar surface area (TPSA) is 29.9 Å². The molecule has 1 unspecified atom stereocenters. The van der Waals surface area contributed by atoms with Gasteiger partial charge in [-0.3, -0.25) is 0 Å². The third-order valence-electron chi connectivity index (χ3n) is 3.29. The maximum atomic E-state index is 4.40. The molecular formula is C11H19N3. The van der Waals surface area contributed by atoms with Crippen molar-refractivity contribution < 1.29 is 0 Å². The quantitative estimate of drug-likeness (QED) is 0.788. The van der Waals surface area contributed by atoms with Crippen molar-refractivity contribution in [1.29, 1.82) is 0 Å². The molecule has 1 aromatic heterocycles. The van der Waals surface area contributed by atoms with E-state index in [2.05, 4.69) is 23.4 Å². The summed E-state index contributed by atoms with van der Waals surface area (Å²) in [7, 11) is 2.02. The van der Waals surface area contributed by atoms with E-state index >= 15 is 0 Å². The van der Waals surface area contributed by atoms with E-state index in [9.17, 15) is 0 Å².